The summed E-state index contributed by atoms with van der Waals surface area (Å²) in [7, 11) is -3.86. The van der Waals surface area contributed by atoms with Crippen LogP contribution >= 0.6 is 46.4 Å². The molecule has 0 aliphatic heterocycles. The monoisotopic (exact) mass is 580 g/mol. The van der Waals surface area contributed by atoms with Crippen molar-refractivity contribution < 1.29 is 12.8 Å². The van der Waals surface area contributed by atoms with Gasteiger partial charge in [-0.3, -0.25) is 4.99 Å². The number of aliphatic imine (C=N–C) groups is 1. The molecule has 186 valence electrons. The van der Waals surface area contributed by atoms with Crippen molar-refractivity contribution >= 4 is 68.3 Å². The topological polar surface area (TPSA) is 62.9 Å². The minimum absolute atomic E-state index is 0.00666. The van der Waals surface area contributed by atoms with Gasteiger partial charge in [-0.25, -0.2) is 8.42 Å². The summed E-state index contributed by atoms with van der Waals surface area (Å²) in [6, 6.07) is 20.1. The van der Waals surface area contributed by atoms with Crippen molar-refractivity contribution in [2.75, 3.05) is 0 Å². The fourth-order valence-corrected chi connectivity index (χ4v) is 5.63. The van der Waals surface area contributed by atoms with E-state index >= 15 is 0 Å². The molecule has 0 radical (unpaired) electrons. The molecule has 0 atom stereocenters. The third-order valence-electron chi connectivity index (χ3n) is 5.20. The standard InChI is InChI=1S/C26H20Cl4N2O3S/c1-17-2-7-24(8-3-17)36(33,34)32(15-18-4-9-25(29)26(30)10-18)16-23-6-5-22(35-23)14-31-21-12-19(27)11-20(28)13-21/h2-14H,15-16H2,1H3. The van der Waals surface area contributed by atoms with Crippen molar-refractivity contribution in [3.8, 4) is 0 Å². The van der Waals surface area contributed by atoms with Crippen molar-refractivity contribution in [2.45, 2.75) is 24.9 Å². The Morgan fingerprint density at radius 3 is 2.19 bits per heavy atom. The lowest BCUT2D eigenvalue weighted by Gasteiger charge is -2.22. The summed E-state index contributed by atoms with van der Waals surface area (Å²) in [4.78, 5) is 4.51. The molecule has 4 rings (SSSR count). The van der Waals surface area contributed by atoms with E-state index in [0.29, 0.717) is 42.9 Å². The fraction of sp³-hybridized carbons (Fsp3) is 0.115. The van der Waals surface area contributed by atoms with E-state index in [-0.39, 0.29) is 18.0 Å². The first-order chi connectivity index (χ1) is 17.1. The Kier molecular flexibility index (Phi) is 8.45. The minimum atomic E-state index is -3.86. The third-order valence-corrected chi connectivity index (χ3v) is 8.19. The molecular weight excluding hydrogens is 562 g/mol. The van der Waals surface area contributed by atoms with E-state index in [1.807, 2.05) is 6.92 Å². The molecule has 36 heavy (non-hydrogen) atoms. The number of benzene rings is 3. The van der Waals surface area contributed by atoms with Gasteiger partial charge in [0.25, 0.3) is 0 Å². The maximum absolute atomic E-state index is 13.6. The van der Waals surface area contributed by atoms with E-state index < -0.39 is 10.0 Å². The summed E-state index contributed by atoms with van der Waals surface area (Å²) in [6.45, 7) is 1.96. The van der Waals surface area contributed by atoms with Gasteiger partial charge in [-0.1, -0.05) is 70.2 Å². The van der Waals surface area contributed by atoms with Gasteiger partial charge in [0.1, 0.15) is 11.5 Å². The molecule has 0 fully saturated rings. The Morgan fingerprint density at radius 1 is 0.833 bits per heavy atom. The van der Waals surface area contributed by atoms with Gasteiger partial charge in [-0.2, -0.15) is 4.31 Å². The number of hydrogen-bond acceptors (Lipinski definition) is 4. The minimum Gasteiger partial charge on any atom is -0.459 e. The van der Waals surface area contributed by atoms with Crippen LogP contribution < -0.4 is 0 Å². The van der Waals surface area contributed by atoms with Crippen LogP contribution in [-0.2, 0) is 23.1 Å². The van der Waals surface area contributed by atoms with Gasteiger partial charge < -0.3 is 4.42 Å². The first-order valence-electron chi connectivity index (χ1n) is 10.7. The SMILES string of the molecule is Cc1ccc(S(=O)(=O)N(Cc2ccc(Cl)c(Cl)c2)Cc2ccc(C=Nc3cc(Cl)cc(Cl)c3)o2)cc1. The van der Waals surface area contributed by atoms with Crippen LogP contribution in [0, 0.1) is 6.92 Å². The third kappa shape index (κ3) is 6.71. The molecule has 3 aromatic carbocycles. The van der Waals surface area contributed by atoms with Crippen LogP contribution in [0.15, 0.2) is 87.1 Å². The first-order valence-corrected chi connectivity index (χ1v) is 13.6. The zero-order chi connectivity index (χ0) is 25.9. The maximum Gasteiger partial charge on any atom is 0.243 e. The molecule has 1 heterocycles. The van der Waals surface area contributed by atoms with Crippen molar-refractivity contribution in [3.05, 3.63) is 116 Å². The zero-order valence-electron chi connectivity index (χ0n) is 19.0. The lowest BCUT2D eigenvalue weighted by atomic mass is 10.2. The molecule has 0 amide bonds. The molecule has 0 saturated heterocycles. The Bertz CT molecular complexity index is 1500. The highest BCUT2D eigenvalue weighted by molar-refractivity contribution is 7.89. The number of sulfonamides is 1. The van der Waals surface area contributed by atoms with Gasteiger partial charge in [-0.05, 0) is 67.1 Å². The summed E-state index contributed by atoms with van der Waals surface area (Å²) in [6.07, 6.45) is 1.52. The second-order valence-corrected chi connectivity index (χ2v) is 11.6. The van der Waals surface area contributed by atoms with Crippen LogP contribution in [0.2, 0.25) is 20.1 Å². The second kappa shape index (κ2) is 11.4. The molecule has 0 N–H and O–H groups in total. The fourth-order valence-electron chi connectivity index (χ4n) is 3.40. The van der Waals surface area contributed by atoms with Crippen molar-refractivity contribution in [1.29, 1.82) is 0 Å². The molecular formula is C26H20Cl4N2O3S. The largest absolute Gasteiger partial charge is 0.459 e. The molecule has 0 saturated carbocycles. The van der Waals surface area contributed by atoms with Gasteiger partial charge >= 0.3 is 0 Å². The van der Waals surface area contributed by atoms with Crippen LogP contribution in [0.4, 0.5) is 5.69 Å². The van der Waals surface area contributed by atoms with E-state index in [1.165, 1.54) is 10.5 Å². The maximum atomic E-state index is 13.6. The van der Waals surface area contributed by atoms with Crippen LogP contribution in [0.25, 0.3) is 0 Å². The Balaban J connectivity index is 1.61. The lowest BCUT2D eigenvalue weighted by Crippen LogP contribution is -2.30. The van der Waals surface area contributed by atoms with Crippen LogP contribution in [0.5, 0.6) is 0 Å². The number of hydrogen-bond donors (Lipinski definition) is 0. The van der Waals surface area contributed by atoms with Gasteiger partial charge in [0.15, 0.2) is 0 Å². The van der Waals surface area contributed by atoms with E-state index in [2.05, 4.69) is 4.99 Å². The predicted octanol–water partition coefficient (Wildman–Crippen LogP) is 8.34. The molecule has 0 bridgehead atoms. The molecule has 0 aliphatic carbocycles. The summed E-state index contributed by atoms with van der Waals surface area (Å²) < 4.78 is 34.3. The smallest absolute Gasteiger partial charge is 0.243 e. The molecule has 0 spiro atoms. The molecule has 4 aromatic rings. The normalized spacial score (nSPS) is 12.1. The quantitative estimate of drug-likeness (QED) is 0.196. The highest BCUT2D eigenvalue weighted by atomic mass is 35.5. The molecule has 1 aromatic heterocycles. The summed E-state index contributed by atoms with van der Waals surface area (Å²) in [5.74, 6) is 0.889. The first kappa shape index (κ1) is 26.7. The van der Waals surface area contributed by atoms with E-state index in [1.54, 1.807) is 72.8 Å². The second-order valence-electron chi connectivity index (χ2n) is 8.02. The lowest BCUT2D eigenvalue weighted by molar-refractivity contribution is 0.357. The molecule has 0 unspecified atom stereocenters. The number of halogens is 4. The highest BCUT2D eigenvalue weighted by Crippen LogP contribution is 2.27. The van der Waals surface area contributed by atoms with E-state index in [4.69, 9.17) is 50.8 Å². The van der Waals surface area contributed by atoms with Crippen LogP contribution in [-0.4, -0.2) is 18.9 Å². The summed E-state index contributed by atoms with van der Waals surface area (Å²) in [5, 5.41) is 1.67. The van der Waals surface area contributed by atoms with E-state index in [0.717, 1.165) is 5.56 Å². The number of nitrogens with zero attached hydrogens (tertiary/aromatic N) is 2. The van der Waals surface area contributed by atoms with Crippen LogP contribution in [0.3, 0.4) is 0 Å². The number of rotatable bonds is 8. The Labute approximate surface area is 229 Å². The summed E-state index contributed by atoms with van der Waals surface area (Å²) in [5.41, 5.74) is 2.21. The Hall–Kier alpha value is -2.32. The van der Waals surface area contributed by atoms with Crippen molar-refractivity contribution in [1.82, 2.24) is 4.31 Å². The Morgan fingerprint density at radius 2 is 1.53 bits per heavy atom. The van der Waals surface area contributed by atoms with Gasteiger partial charge in [0.2, 0.25) is 10.0 Å². The number of aryl methyl sites for hydroxylation is 1. The molecule has 5 nitrogen and oxygen atoms in total. The number of furan rings is 1. The van der Waals surface area contributed by atoms with Crippen LogP contribution in [0.1, 0.15) is 22.6 Å². The van der Waals surface area contributed by atoms with Gasteiger partial charge in [0, 0.05) is 16.6 Å². The van der Waals surface area contributed by atoms with Gasteiger partial charge in [0.05, 0.1) is 33.4 Å². The van der Waals surface area contributed by atoms with Crippen molar-refractivity contribution in [3.63, 3.8) is 0 Å². The van der Waals surface area contributed by atoms with Crippen molar-refractivity contribution in [2.24, 2.45) is 4.99 Å². The highest BCUT2D eigenvalue weighted by Gasteiger charge is 2.26. The average molecular weight is 582 g/mol. The zero-order valence-corrected chi connectivity index (χ0v) is 22.8. The van der Waals surface area contributed by atoms with Gasteiger partial charge in [-0.15, -0.1) is 0 Å². The molecule has 0 aliphatic rings. The average Bonchev–Trinajstić information content (AvgIpc) is 3.27. The predicted molar refractivity (Wildman–Crippen MR) is 146 cm³/mol. The summed E-state index contributed by atoms with van der Waals surface area (Å²) >= 11 is 24.2. The van der Waals surface area contributed by atoms with E-state index in [9.17, 15) is 8.42 Å². The molecule has 10 heteroatoms.